The van der Waals surface area contributed by atoms with Gasteiger partial charge < -0.3 is 20.2 Å². The fourth-order valence-electron chi connectivity index (χ4n) is 3.10. The molecule has 4 aromatic rings. The predicted octanol–water partition coefficient (Wildman–Crippen LogP) is 2.55. The van der Waals surface area contributed by atoms with Crippen LogP contribution in [0.15, 0.2) is 53.3 Å². The SMILES string of the molecule is COC(=O)Cc1occc1NC(=O)c1nc(-c2cccc(CN)c2F)nn2cccc12. The Morgan fingerprint density at radius 3 is 2.87 bits per heavy atom. The number of esters is 1. The van der Waals surface area contributed by atoms with Gasteiger partial charge in [-0.3, -0.25) is 9.59 Å². The molecular weight excluding hydrogens is 405 g/mol. The van der Waals surface area contributed by atoms with Crippen molar-refractivity contribution in [3.8, 4) is 11.4 Å². The first-order valence-corrected chi connectivity index (χ1v) is 9.29. The summed E-state index contributed by atoms with van der Waals surface area (Å²) in [6.07, 6.45) is 2.83. The molecule has 0 saturated carbocycles. The molecule has 0 saturated heterocycles. The number of hydrogen-bond acceptors (Lipinski definition) is 7. The lowest BCUT2D eigenvalue weighted by molar-refractivity contribution is -0.140. The summed E-state index contributed by atoms with van der Waals surface area (Å²) in [6, 6.07) is 9.60. The topological polar surface area (TPSA) is 125 Å². The molecule has 0 spiro atoms. The molecule has 9 nitrogen and oxygen atoms in total. The van der Waals surface area contributed by atoms with E-state index in [0.29, 0.717) is 16.8 Å². The van der Waals surface area contributed by atoms with Crippen molar-refractivity contribution in [2.24, 2.45) is 5.73 Å². The number of halogens is 1. The van der Waals surface area contributed by atoms with E-state index in [1.54, 1.807) is 30.5 Å². The standard InChI is InChI=1S/C21H18FN5O4/c1-30-17(28)10-16-14(7-9-31-16)24-21(29)19-15-6-3-8-27(15)26-20(25-19)13-5-2-4-12(11-23)18(13)22/h2-9H,10-11,23H2,1H3,(H,24,29). The van der Waals surface area contributed by atoms with Crippen LogP contribution >= 0.6 is 0 Å². The molecule has 0 bridgehead atoms. The molecule has 0 atom stereocenters. The fraction of sp³-hybridized carbons (Fsp3) is 0.143. The molecule has 1 amide bonds. The van der Waals surface area contributed by atoms with Crippen molar-refractivity contribution in [1.82, 2.24) is 14.6 Å². The molecule has 0 radical (unpaired) electrons. The van der Waals surface area contributed by atoms with E-state index in [2.05, 4.69) is 20.1 Å². The van der Waals surface area contributed by atoms with Gasteiger partial charge in [-0.1, -0.05) is 12.1 Å². The minimum Gasteiger partial charge on any atom is -0.469 e. The van der Waals surface area contributed by atoms with Crippen molar-refractivity contribution in [2.75, 3.05) is 12.4 Å². The van der Waals surface area contributed by atoms with Crippen molar-refractivity contribution in [2.45, 2.75) is 13.0 Å². The van der Waals surface area contributed by atoms with Crippen LogP contribution in [0.25, 0.3) is 16.9 Å². The van der Waals surface area contributed by atoms with E-state index in [0.717, 1.165) is 0 Å². The van der Waals surface area contributed by atoms with Crippen LogP contribution in [0, 0.1) is 5.82 Å². The van der Waals surface area contributed by atoms with Gasteiger partial charge in [0.15, 0.2) is 11.5 Å². The number of aromatic nitrogens is 3. The maximum absolute atomic E-state index is 14.8. The highest BCUT2D eigenvalue weighted by Gasteiger charge is 2.21. The van der Waals surface area contributed by atoms with Gasteiger partial charge in [-0.15, -0.1) is 5.10 Å². The molecule has 0 aliphatic rings. The molecule has 3 aromatic heterocycles. The van der Waals surface area contributed by atoms with Crippen LogP contribution in [0.5, 0.6) is 0 Å². The normalized spacial score (nSPS) is 10.9. The molecule has 4 rings (SSSR count). The number of carbonyl (C=O) groups is 2. The van der Waals surface area contributed by atoms with Gasteiger partial charge in [0.2, 0.25) is 0 Å². The maximum Gasteiger partial charge on any atom is 0.313 e. The Labute approximate surface area is 175 Å². The maximum atomic E-state index is 14.8. The van der Waals surface area contributed by atoms with Gasteiger partial charge in [-0.05, 0) is 18.2 Å². The summed E-state index contributed by atoms with van der Waals surface area (Å²) < 4.78 is 26.1. The Hall–Kier alpha value is -4.05. The molecule has 0 aliphatic heterocycles. The van der Waals surface area contributed by atoms with Crippen molar-refractivity contribution >= 4 is 23.1 Å². The minimum atomic E-state index is -0.574. The van der Waals surface area contributed by atoms with Crippen LogP contribution in [-0.4, -0.2) is 33.6 Å². The number of ether oxygens (including phenoxy) is 1. The van der Waals surface area contributed by atoms with Gasteiger partial charge in [0.25, 0.3) is 5.91 Å². The van der Waals surface area contributed by atoms with Crippen LogP contribution in [0.4, 0.5) is 10.1 Å². The lowest BCUT2D eigenvalue weighted by atomic mass is 10.1. The number of fused-ring (bicyclic) bond motifs is 1. The number of methoxy groups -OCH3 is 1. The first kappa shape index (κ1) is 20.2. The predicted molar refractivity (Wildman–Crippen MR) is 109 cm³/mol. The van der Waals surface area contributed by atoms with Gasteiger partial charge in [-0.25, -0.2) is 13.9 Å². The number of hydrogen-bond donors (Lipinski definition) is 2. The second kappa shape index (κ2) is 8.36. The number of rotatable bonds is 6. The van der Waals surface area contributed by atoms with E-state index >= 15 is 0 Å². The van der Waals surface area contributed by atoms with Crippen molar-refractivity contribution < 1.29 is 23.1 Å². The number of nitrogens with one attached hydrogen (secondary N) is 1. The van der Waals surface area contributed by atoms with Crippen LogP contribution in [-0.2, 0) is 22.5 Å². The molecular formula is C21H18FN5O4. The van der Waals surface area contributed by atoms with Crippen LogP contribution < -0.4 is 11.1 Å². The highest BCUT2D eigenvalue weighted by atomic mass is 19.1. The third-order valence-electron chi connectivity index (χ3n) is 4.67. The van der Waals surface area contributed by atoms with Crippen molar-refractivity contribution in [3.63, 3.8) is 0 Å². The van der Waals surface area contributed by atoms with Gasteiger partial charge in [0, 0.05) is 24.4 Å². The summed E-state index contributed by atoms with van der Waals surface area (Å²) in [5, 5.41) is 6.99. The van der Waals surface area contributed by atoms with Crippen LogP contribution in [0.1, 0.15) is 21.8 Å². The summed E-state index contributed by atoms with van der Waals surface area (Å²) in [7, 11) is 1.26. The molecule has 31 heavy (non-hydrogen) atoms. The molecule has 1 aromatic carbocycles. The number of nitrogens with zero attached hydrogens (tertiary/aromatic N) is 3. The highest BCUT2D eigenvalue weighted by molar-refractivity contribution is 6.07. The van der Waals surface area contributed by atoms with Crippen LogP contribution in [0.3, 0.4) is 0 Å². The van der Waals surface area contributed by atoms with Gasteiger partial charge in [-0.2, -0.15) is 0 Å². The zero-order chi connectivity index (χ0) is 22.0. The van der Waals surface area contributed by atoms with E-state index < -0.39 is 17.7 Å². The smallest absolute Gasteiger partial charge is 0.313 e. The Bertz CT molecular complexity index is 1280. The number of furan rings is 1. The highest BCUT2D eigenvalue weighted by Crippen LogP contribution is 2.24. The van der Waals surface area contributed by atoms with E-state index in [1.807, 2.05) is 0 Å². The summed E-state index contributed by atoms with van der Waals surface area (Å²) in [5.74, 6) is -1.36. The molecule has 10 heteroatoms. The zero-order valence-electron chi connectivity index (χ0n) is 16.5. The van der Waals surface area contributed by atoms with E-state index in [9.17, 15) is 14.0 Å². The van der Waals surface area contributed by atoms with Gasteiger partial charge in [0.1, 0.15) is 18.0 Å². The second-order valence-corrected chi connectivity index (χ2v) is 6.57. The average molecular weight is 423 g/mol. The van der Waals surface area contributed by atoms with E-state index in [4.69, 9.17) is 10.2 Å². The number of anilines is 1. The number of amides is 1. The number of carbonyl (C=O) groups excluding carboxylic acids is 2. The van der Waals surface area contributed by atoms with E-state index in [1.165, 1.54) is 30.0 Å². The van der Waals surface area contributed by atoms with Gasteiger partial charge >= 0.3 is 5.97 Å². The Kier molecular flexibility index (Phi) is 5.46. The molecule has 0 unspecified atom stereocenters. The molecule has 3 N–H and O–H groups in total. The second-order valence-electron chi connectivity index (χ2n) is 6.57. The third kappa shape index (κ3) is 3.88. The largest absolute Gasteiger partial charge is 0.469 e. The lowest BCUT2D eigenvalue weighted by Gasteiger charge is -2.10. The minimum absolute atomic E-state index is 0.0161. The van der Waals surface area contributed by atoms with E-state index in [-0.39, 0.29) is 35.8 Å². The summed E-state index contributed by atoms with van der Waals surface area (Å²) in [5.41, 5.74) is 6.78. The molecule has 0 fully saturated rings. The Morgan fingerprint density at radius 2 is 2.10 bits per heavy atom. The molecule has 3 heterocycles. The molecule has 158 valence electrons. The third-order valence-corrected chi connectivity index (χ3v) is 4.67. The summed E-state index contributed by atoms with van der Waals surface area (Å²) in [4.78, 5) is 28.9. The quantitative estimate of drug-likeness (QED) is 0.457. The fourth-order valence-corrected chi connectivity index (χ4v) is 3.10. The first-order chi connectivity index (χ1) is 15.0. The Balaban J connectivity index is 1.73. The monoisotopic (exact) mass is 423 g/mol. The first-order valence-electron chi connectivity index (χ1n) is 9.29. The van der Waals surface area contributed by atoms with Crippen LogP contribution in [0.2, 0.25) is 0 Å². The summed E-state index contributed by atoms with van der Waals surface area (Å²) in [6.45, 7) is 0.0161. The Morgan fingerprint density at radius 1 is 1.26 bits per heavy atom. The zero-order valence-corrected chi connectivity index (χ0v) is 16.5. The van der Waals surface area contributed by atoms with Gasteiger partial charge in [0.05, 0.1) is 30.1 Å². The lowest BCUT2D eigenvalue weighted by Crippen LogP contribution is -2.18. The number of nitrogens with two attached hydrogens (primary N) is 1. The molecule has 0 aliphatic carbocycles. The summed E-state index contributed by atoms with van der Waals surface area (Å²) >= 11 is 0. The number of benzene rings is 1. The average Bonchev–Trinajstić information content (AvgIpc) is 3.42. The van der Waals surface area contributed by atoms with Crippen molar-refractivity contribution in [3.05, 3.63) is 71.7 Å². The van der Waals surface area contributed by atoms with Crippen molar-refractivity contribution in [1.29, 1.82) is 0 Å².